The van der Waals surface area contributed by atoms with E-state index in [0.717, 1.165) is 33.2 Å². The maximum absolute atomic E-state index is 13.3. The second kappa shape index (κ2) is 8.52. The van der Waals surface area contributed by atoms with Gasteiger partial charge in [0, 0.05) is 41.2 Å². The Bertz CT molecular complexity index is 1060. The Balaban J connectivity index is 2.17. The third-order valence-corrected chi connectivity index (χ3v) is 5.24. The van der Waals surface area contributed by atoms with Crippen molar-refractivity contribution in [2.24, 2.45) is 0 Å². The molecule has 1 aromatic heterocycles. The largest absolute Gasteiger partial charge is 0.496 e. The number of hydrogen-bond donors (Lipinski definition) is 0. The molecule has 0 atom stereocenters. The fraction of sp³-hybridized carbons (Fsp3) is 0.292. The van der Waals surface area contributed by atoms with Gasteiger partial charge >= 0.3 is 0 Å². The molecule has 0 bridgehead atoms. The number of aryl methyl sites for hydroxylation is 1. The number of fused-ring (bicyclic) bond motifs is 1. The van der Waals surface area contributed by atoms with Crippen molar-refractivity contribution < 1.29 is 18.3 Å². The van der Waals surface area contributed by atoms with E-state index in [2.05, 4.69) is 0 Å². The molecule has 4 nitrogen and oxygen atoms in total. The first-order valence-electron chi connectivity index (χ1n) is 9.73. The van der Waals surface area contributed by atoms with Gasteiger partial charge in [0.25, 0.3) is 0 Å². The topological polar surface area (TPSA) is 42.7 Å². The van der Waals surface area contributed by atoms with E-state index in [1.54, 1.807) is 36.5 Å². The summed E-state index contributed by atoms with van der Waals surface area (Å²) in [5.74, 6) is 0.366. The van der Waals surface area contributed by atoms with E-state index < -0.39 is 0 Å². The third kappa shape index (κ3) is 3.90. The van der Waals surface area contributed by atoms with Crippen molar-refractivity contribution in [2.75, 3.05) is 20.2 Å². The number of hydrogen-bond acceptors (Lipinski definition) is 3. The van der Waals surface area contributed by atoms with Crippen molar-refractivity contribution in [1.29, 1.82) is 0 Å². The molecule has 0 saturated heterocycles. The van der Waals surface area contributed by atoms with Crippen molar-refractivity contribution in [3.05, 3.63) is 59.6 Å². The number of nitrogens with zero attached hydrogens (tertiary/aromatic N) is 1. The van der Waals surface area contributed by atoms with Crippen molar-refractivity contribution in [1.82, 2.24) is 4.90 Å². The second-order valence-electron chi connectivity index (χ2n) is 6.95. The van der Waals surface area contributed by atoms with Gasteiger partial charge in [-0.05, 0) is 57.0 Å². The summed E-state index contributed by atoms with van der Waals surface area (Å²) in [6.07, 6.45) is 3.32. The molecule has 2 aromatic carbocycles. The minimum atomic E-state index is -0.284. The van der Waals surface area contributed by atoms with E-state index in [1.165, 1.54) is 12.1 Å². The van der Waals surface area contributed by atoms with E-state index in [4.69, 9.17) is 9.15 Å². The molecule has 0 aliphatic carbocycles. The standard InChI is InChI=1S/C24H26FNO3/c1-6-26(7-2)22(27)12-15(3)19-13-20-21(17-8-10-18(25)11-9-17)14-29-24(20)16(4)23(19)28-5/h8-14H,6-7H2,1-5H3/b15-12+. The molecule has 0 N–H and O–H groups in total. The Morgan fingerprint density at radius 2 is 1.86 bits per heavy atom. The molecule has 0 unspecified atom stereocenters. The van der Waals surface area contributed by atoms with Gasteiger partial charge < -0.3 is 14.1 Å². The zero-order chi connectivity index (χ0) is 21.1. The molecule has 152 valence electrons. The van der Waals surface area contributed by atoms with Gasteiger partial charge in [-0.3, -0.25) is 4.79 Å². The van der Waals surface area contributed by atoms with Gasteiger partial charge in [0.1, 0.15) is 17.1 Å². The van der Waals surface area contributed by atoms with Crippen LogP contribution in [0.25, 0.3) is 27.7 Å². The number of likely N-dealkylation sites (N-methyl/N-ethyl adjacent to an activating group) is 1. The number of amides is 1. The lowest BCUT2D eigenvalue weighted by Crippen LogP contribution is -2.28. The minimum Gasteiger partial charge on any atom is -0.496 e. The number of allylic oxidation sites excluding steroid dienone is 1. The molecule has 1 heterocycles. The molecule has 0 aliphatic rings. The van der Waals surface area contributed by atoms with Crippen LogP contribution in [0.2, 0.25) is 0 Å². The summed E-state index contributed by atoms with van der Waals surface area (Å²) in [5, 5.41) is 0.896. The smallest absolute Gasteiger partial charge is 0.246 e. The quantitative estimate of drug-likeness (QED) is 0.493. The Hall–Kier alpha value is -3.08. The zero-order valence-corrected chi connectivity index (χ0v) is 17.5. The highest BCUT2D eigenvalue weighted by Crippen LogP contribution is 2.40. The predicted octanol–water partition coefficient (Wildman–Crippen LogP) is 5.83. The normalized spacial score (nSPS) is 11.7. The Labute approximate surface area is 170 Å². The zero-order valence-electron chi connectivity index (χ0n) is 17.5. The summed E-state index contributed by atoms with van der Waals surface area (Å²) in [4.78, 5) is 14.3. The summed E-state index contributed by atoms with van der Waals surface area (Å²) in [6.45, 7) is 9.07. The van der Waals surface area contributed by atoms with Gasteiger partial charge in [0.05, 0.1) is 13.4 Å². The fourth-order valence-corrected chi connectivity index (χ4v) is 3.61. The van der Waals surface area contributed by atoms with Crippen LogP contribution in [0.3, 0.4) is 0 Å². The summed E-state index contributed by atoms with van der Waals surface area (Å²) >= 11 is 0. The van der Waals surface area contributed by atoms with E-state index in [9.17, 15) is 9.18 Å². The molecule has 0 aliphatic heterocycles. The van der Waals surface area contributed by atoms with Crippen LogP contribution in [0.4, 0.5) is 4.39 Å². The van der Waals surface area contributed by atoms with E-state index in [1.807, 2.05) is 33.8 Å². The SMILES string of the molecule is CCN(CC)C(=O)/C=C(\C)c1cc2c(-c3ccc(F)cc3)coc2c(C)c1OC. The first-order valence-corrected chi connectivity index (χ1v) is 9.73. The number of ether oxygens (including phenoxy) is 1. The monoisotopic (exact) mass is 395 g/mol. The van der Waals surface area contributed by atoms with Crippen LogP contribution in [0.1, 0.15) is 31.9 Å². The number of rotatable bonds is 6. The number of furan rings is 1. The molecule has 5 heteroatoms. The third-order valence-electron chi connectivity index (χ3n) is 5.24. The van der Waals surface area contributed by atoms with Crippen molar-refractivity contribution >= 4 is 22.4 Å². The number of methoxy groups -OCH3 is 1. The lowest BCUT2D eigenvalue weighted by atomic mass is 9.96. The number of benzene rings is 2. The maximum atomic E-state index is 13.3. The average molecular weight is 395 g/mol. The van der Waals surface area contributed by atoms with Crippen molar-refractivity contribution in [3.8, 4) is 16.9 Å². The molecular formula is C24H26FNO3. The van der Waals surface area contributed by atoms with E-state index >= 15 is 0 Å². The van der Waals surface area contributed by atoms with Gasteiger partial charge in [-0.1, -0.05) is 12.1 Å². The number of carbonyl (C=O) groups is 1. The highest BCUT2D eigenvalue weighted by atomic mass is 19.1. The number of carbonyl (C=O) groups excluding carboxylic acids is 1. The second-order valence-corrected chi connectivity index (χ2v) is 6.95. The highest BCUT2D eigenvalue weighted by molar-refractivity contribution is 6.01. The lowest BCUT2D eigenvalue weighted by Gasteiger charge is -2.18. The van der Waals surface area contributed by atoms with E-state index in [-0.39, 0.29) is 11.7 Å². The molecule has 3 aromatic rings. The molecule has 0 spiro atoms. The molecule has 29 heavy (non-hydrogen) atoms. The highest BCUT2D eigenvalue weighted by Gasteiger charge is 2.19. The first-order chi connectivity index (χ1) is 13.9. The maximum Gasteiger partial charge on any atom is 0.246 e. The van der Waals surface area contributed by atoms with Gasteiger partial charge in [-0.25, -0.2) is 4.39 Å². The van der Waals surface area contributed by atoms with Gasteiger partial charge in [-0.2, -0.15) is 0 Å². The van der Waals surface area contributed by atoms with Crippen LogP contribution in [-0.4, -0.2) is 31.0 Å². The van der Waals surface area contributed by atoms with Crippen molar-refractivity contribution in [3.63, 3.8) is 0 Å². The van der Waals surface area contributed by atoms with Gasteiger partial charge in [0.2, 0.25) is 5.91 Å². The predicted molar refractivity (Wildman–Crippen MR) is 114 cm³/mol. The van der Waals surface area contributed by atoms with Crippen LogP contribution in [0, 0.1) is 12.7 Å². The minimum absolute atomic E-state index is 0.0294. The lowest BCUT2D eigenvalue weighted by molar-refractivity contribution is -0.125. The molecular weight excluding hydrogens is 369 g/mol. The summed E-state index contributed by atoms with van der Waals surface area (Å²) in [6, 6.07) is 8.29. The molecule has 1 amide bonds. The van der Waals surface area contributed by atoms with Crippen LogP contribution in [0.5, 0.6) is 5.75 Å². The molecule has 3 rings (SSSR count). The van der Waals surface area contributed by atoms with Crippen LogP contribution >= 0.6 is 0 Å². The first kappa shape index (κ1) is 20.6. The summed E-state index contributed by atoms with van der Waals surface area (Å²) in [7, 11) is 1.61. The Morgan fingerprint density at radius 3 is 2.45 bits per heavy atom. The number of halogens is 1. The van der Waals surface area contributed by atoms with Crippen LogP contribution in [-0.2, 0) is 4.79 Å². The average Bonchev–Trinajstić information content (AvgIpc) is 3.13. The molecule has 0 radical (unpaired) electrons. The fourth-order valence-electron chi connectivity index (χ4n) is 3.61. The van der Waals surface area contributed by atoms with E-state index in [0.29, 0.717) is 24.4 Å². The van der Waals surface area contributed by atoms with Crippen LogP contribution in [0.15, 0.2) is 47.1 Å². The van der Waals surface area contributed by atoms with Gasteiger partial charge in [0.15, 0.2) is 0 Å². The Kier molecular flexibility index (Phi) is 6.06. The summed E-state index contributed by atoms with van der Waals surface area (Å²) in [5.41, 5.74) is 4.96. The van der Waals surface area contributed by atoms with Crippen molar-refractivity contribution in [2.45, 2.75) is 27.7 Å². The van der Waals surface area contributed by atoms with Crippen LogP contribution < -0.4 is 4.74 Å². The molecule has 0 fully saturated rings. The Morgan fingerprint density at radius 1 is 1.21 bits per heavy atom. The summed E-state index contributed by atoms with van der Waals surface area (Å²) < 4.78 is 24.8. The molecule has 0 saturated carbocycles. The van der Waals surface area contributed by atoms with Gasteiger partial charge in [-0.15, -0.1) is 0 Å².